The van der Waals surface area contributed by atoms with E-state index in [4.69, 9.17) is 4.74 Å². The second-order valence-corrected chi connectivity index (χ2v) is 5.32. The van der Waals surface area contributed by atoms with Crippen LogP contribution in [0.3, 0.4) is 0 Å². The number of hydrogen-bond donors (Lipinski definition) is 1. The standard InChI is InChI=1S/C13H25NO3/c1-9(15)5-6-14(4)13(16)12-7-10(2)17-11(3)8-12/h9-12,15H,5-8H2,1-4H3. The maximum Gasteiger partial charge on any atom is 0.225 e. The maximum absolute atomic E-state index is 12.2. The highest BCUT2D eigenvalue weighted by molar-refractivity contribution is 5.78. The number of amides is 1. The molecular weight excluding hydrogens is 218 g/mol. The van der Waals surface area contributed by atoms with E-state index in [1.54, 1.807) is 11.8 Å². The largest absolute Gasteiger partial charge is 0.393 e. The van der Waals surface area contributed by atoms with E-state index in [1.807, 2.05) is 20.9 Å². The molecule has 1 rings (SSSR count). The molecule has 1 fully saturated rings. The fourth-order valence-corrected chi connectivity index (χ4v) is 2.41. The second kappa shape index (κ2) is 6.36. The third kappa shape index (κ3) is 4.64. The molecule has 0 bridgehead atoms. The van der Waals surface area contributed by atoms with Crippen molar-refractivity contribution in [3.63, 3.8) is 0 Å². The minimum atomic E-state index is -0.349. The Bertz CT molecular complexity index is 245. The van der Waals surface area contributed by atoms with Crippen LogP contribution in [0.4, 0.5) is 0 Å². The van der Waals surface area contributed by atoms with Gasteiger partial charge in [0.2, 0.25) is 5.91 Å². The van der Waals surface area contributed by atoms with Gasteiger partial charge in [-0.3, -0.25) is 4.79 Å². The summed E-state index contributed by atoms with van der Waals surface area (Å²) in [6, 6.07) is 0. The van der Waals surface area contributed by atoms with Gasteiger partial charge in [-0.1, -0.05) is 0 Å². The number of aliphatic hydroxyl groups is 1. The normalized spacial score (nSPS) is 31.0. The van der Waals surface area contributed by atoms with Gasteiger partial charge in [-0.25, -0.2) is 0 Å². The molecule has 100 valence electrons. The summed E-state index contributed by atoms with van der Waals surface area (Å²) in [5, 5.41) is 9.22. The van der Waals surface area contributed by atoms with Crippen LogP contribution < -0.4 is 0 Å². The van der Waals surface area contributed by atoms with Crippen LogP contribution in [0.5, 0.6) is 0 Å². The molecule has 3 atom stereocenters. The predicted molar refractivity (Wildman–Crippen MR) is 66.7 cm³/mol. The Labute approximate surface area is 104 Å². The molecule has 0 spiro atoms. The van der Waals surface area contributed by atoms with Crippen LogP contribution in [-0.4, -0.2) is 47.8 Å². The van der Waals surface area contributed by atoms with Crippen molar-refractivity contribution in [2.45, 2.75) is 58.3 Å². The summed E-state index contributed by atoms with van der Waals surface area (Å²) in [7, 11) is 1.81. The third-order valence-electron chi connectivity index (χ3n) is 3.31. The number of nitrogens with zero attached hydrogens (tertiary/aromatic N) is 1. The zero-order valence-electron chi connectivity index (χ0n) is 11.3. The lowest BCUT2D eigenvalue weighted by atomic mass is 9.91. The Hall–Kier alpha value is -0.610. The van der Waals surface area contributed by atoms with E-state index in [1.165, 1.54) is 0 Å². The van der Waals surface area contributed by atoms with Gasteiger partial charge in [0, 0.05) is 19.5 Å². The van der Waals surface area contributed by atoms with Crippen molar-refractivity contribution in [3.8, 4) is 0 Å². The van der Waals surface area contributed by atoms with E-state index >= 15 is 0 Å². The first-order valence-corrected chi connectivity index (χ1v) is 6.48. The average Bonchev–Trinajstić information content (AvgIpc) is 2.23. The van der Waals surface area contributed by atoms with Crippen LogP contribution >= 0.6 is 0 Å². The van der Waals surface area contributed by atoms with Crippen LogP contribution in [0, 0.1) is 5.92 Å². The molecule has 0 aromatic heterocycles. The van der Waals surface area contributed by atoms with E-state index in [9.17, 15) is 9.90 Å². The quantitative estimate of drug-likeness (QED) is 0.812. The van der Waals surface area contributed by atoms with Gasteiger partial charge in [0.25, 0.3) is 0 Å². The van der Waals surface area contributed by atoms with Gasteiger partial charge in [0.15, 0.2) is 0 Å². The van der Waals surface area contributed by atoms with Gasteiger partial charge in [-0.2, -0.15) is 0 Å². The van der Waals surface area contributed by atoms with Crippen molar-refractivity contribution in [3.05, 3.63) is 0 Å². The first-order chi connectivity index (χ1) is 7.90. The van der Waals surface area contributed by atoms with E-state index < -0.39 is 0 Å². The van der Waals surface area contributed by atoms with Crippen molar-refractivity contribution < 1.29 is 14.6 Å². The van der Waals surface area contributed by atoms with E-state index in [0.717, 1.165) is 12.8 Å². The zero-order chi connectivity index (χ0) is 13.0. The van der Waals surface area contributed by atoms with Crippen molar-refractivity contribution in [1.29, 1.82) is 0 Å². The van der Waals surface area contributed by atoms with Crippen molar-refractivity contribution in [2.24, 2.45) is 5.92 Å². The zero-order valence-corrected chi connectivity index (χ0v) is 11.3. The molecular formula is C13H25NO3. The number of rotatable bonds is 4. The third-order valence-corrected chi connectivity index (χ3v) is 3.31. The van der Waals surface area contributed by atoms with Crippen LogP contribution in [0.15, 0.2) is 0 Å². The minimum Gasteiger partial charge on any atom is -0.393 e. The lowest BCUT2D eigenvalue weighted by molar-refractivity contribution is -0.142. The molecule has 1 aliphatic rings. The van der Waals surface area contributed by atoms with E-state index in [2.05, 4.69) is 0 Å². The predicted octanol–water partition coefficient (Wildman–Crippen LogP) is 1.42. The monoisotopic (exact) mass is 243 g/mol. The first kappa shape index (κ1) is 14.5. The molecule has 4 heteroatoms. The van der Waals surface area contributed by atoms with Crippen LogP contribution in [-0.2, 0) is 9.53 Å². The summed E-state index contributed by atoms with van der Waals surface area (Å²) < 4.78 is 5.63. The molecule has 3 unspecified atom stereocenters. The SMILES string of the molecule is CC(O)CCN(C)C(=O)C1CC(C)OC(C)C1. The fourth-order valence-electron chi connectivity index (χ4n) is 2.41. The summed E-state index contributed by atoms with van der Waals surface area (Å²) in [4.78, 5) is 13.9. The molecule has 0 saturated carbocycles. The van der Waals surface area contributed by atoms with Gasteiger partial charge in [-0.15, -0.1) is 0 Å². The lowest BCUT2D eigenvalue weighted by Crippen LogP contribution is -2.40. The summed E-state index contributed by atoms with van der Waals surface area (Å²) in [6.07, 6.45) is 2.23. The van der Waals surface area contributed by atoms with Crippen molar-refractivity contribution in [1.82, 2.24) is 4.90 Å². The first-order valence-electron chi connectivity index (χ1n) is 6.48. The van der Waals surface area contributed by atoms with Gasteiger partial charge < -0.3 is 14.7 Å². The molecule has 0 aromatic rings. The Morgan fingerprint density at radius 1 is 1.41 bits per heavy atom. The van der Waals surface area contributed by atoms with Crippen LogP contribution in [0.1, 0.15) is 40.0 Å². The Balaban J connectivity index is 2.45. The van der Waals surface area contributed by atoms with Gasteiger partial charge in [0.1, 0.15) is 0 Å². The highest BCUT2D eigenvalue weighted by Gasteiger charge is 2.31. The maximum atomic E-state index is 12.2. The average molecular weight is 243 g/mol. The topological polar surface area (TPSA) is 49.8 Å². The summed E-state index contributed by atoms with van der Waals surface area (Å²) in [6.45, 7) is 6.41. The smallest absolute Gasteiger partial charge is 0.225 e. The molecule has 1 saturated heterocycles. The lowest BCUT2D eigenvalue weighted by Gasteiger charge is -2.33. The second-order valence-electron chi connectivity index (χ2n) is 5.32. The van der Waals surface area contributed by atoms with Crippen LogP contribution in [0.25, 0.3) is 0 Å². The Morgan fingerprint density at radius 2 is 1.94 bits per heavy atom. The van der Waals surface area contributed by atoms with Gasteiger partial charge in [-0.05, 0) is 40.0 Å². The molecule has 1 aliphatic heterocycles. The molecule has 1 amide bonds. The molecule has 4 nitrogen and oxygen atoms in total. The molecule has 1 N–H and O–H groups in total. The summed E-state index contributed by atoms with van der Waals surface area (Å²) in [5.41, 5.74) is 0. The highest BCUT2D eigenvalue weighted by Crippen LogP contribution is 2.26. The summed E-state index contributed by atoms with van der Waals surface area (Å²) >= 11 is 0. The Kier molecular flexibility index (Phi) is 5.40. The number of aliphatic hydroxyl groups excluding tert-OH is 1. The van der Waals surface area contributed by atoms with Crippen molar-refractivity contribution in [2.75, 3.05) is 13.6 Å². The minimum absolute atomic E-state index is 0.0766. The molecule has 0 aliphatic carbocycles. The van der Waals surface area contributed by atoms with E-state index in [-0.39, 0.29) is 30.1 Å². The molecule has 17 heavy (non-hydrogen) atoms. The number of ether oxygens (including phenoxy) is 1. The van der Waals surface area contributed by atoms with Crippen molar-refractivity contribution >= 4 is 5.91 Å². The number of carbonyl (C=O) groups is 1. The number of hydrogen-bond acceptors (Lipinski definition) is 3. The molecule has 1 heterocycles. The van der Waals surface area contributed by atoms with E-state index in [0.29, 0.717) is 13.0 Å². The molecule has 0 radical (unpaired) electrons. The van der Waals surface area contributed by atoms with Crippen LogP contribution in [0.2, 0.25) is 0 Å². The van der Waals surface area contributed by atoms with Gasteiger partial charge >= 0.3 is 0 Å². The fraction of sp³-hybridized carbons (Fsp3) is 0.923. The molecule has 0 aromatic carbocycles. The highest BCUT2D eigenvalue weighted by atomic mass is 16.5. The van der Waals surface area contributed by atoms with Gasteiger partial charge in [0.05, 0.1) is 18.3 Å². The Morgan fingerprint density at radius 3 is 2.41 bits per heavy atom. The number of carbonyl (C=O) groups excluding carboxylic acids is 1. The summed E-state index contributed by atoms with van der Waals surface area (Å²) in [5.74, 6) is 0.264.